The van der Waals surface area contributed by atoms with Gasteiger partial charge in [-0.05, 0) is 61.4 Å². The van der Waals surface area contributed by atoms with Gasteiger partial charge in [-0.2, -0.15) is 0 Å². The van der Waals surface area contributed by atoms with E-state index in [1.165, 1.54) is 43.2 Å². The van der Waals surface area contributed by atoms with Crippen LogP contribution in [0.2, 0.25) is 0 Å². The van der Waals surface area contributed by atoms with Crippen molar-refractivity contribution in [1.29, 1.82) is 0 Å². The smallest absolute Gasteiger partial charge is 0.119 e. The van der Waals surface area contributed by atoms with E-state index >= 15 is 0 Å². The van der Waals surface area contributed by atoms with Crippen molar-refractivity contribution in [2.24, 2.45) is 11.7 Å². The molecule has 0 aliphatic rings. The molecule has 0 heterocycles. The van der Waals surface area contributed by atoms with E-state index in [0.717, 1.165) is 44.6 Å². The minimum Gasteiger partial charge on any atom is -0.494 e. The topological polar surface area (TPSA) is 55.5 Å². The van der Waals surface area contributed by atoms with Crippen molar-refractivity contribution in [3.63, 3.8) is 0 Å². The second-order valence-corrected chi connectivity index (χ2v) is 6.66. The minimum atomic E-state index is 0.704. The van der Waals surface area contributed by atoms with Crippen LogP contribution in [0.4, 0.5) is 0 Å². The molecule has 140 valence electrons. The third-order valence-corrected chi connectivity index (χ3v) is 4.10. The maximum absolute atomic E-state index is 7.00. The first-order chi connectivity index (χ1) is 11.7. The Morgan fingerprint density at radius 1 is 1.00 bits per heavy atom. The maximum atomic E-state index is 7.00. The van der Waals surface area contributed by atoms with E-state index in [2.05, 4.69) is 39.0 Å². The second-order valence-electron chi connectivity index (χ2n) is 6.66. The summed E-state index contributed by atoms with van der Waals surface area (Å²) in [6.07, 6.45) is 9.71. The van der Waals surface area contributed by atoms with E-state index in [4.69, 9.17) is 15.6 Å². The van der Waals surface area contributed by atoms with Crippen LogP contribution < -0.4 is 10.5 Å². The van der Waals surface area contributed by atoms with Gasteiger partial charge in [-0.25, -0.2) is 0 Å². The van der Waals surface area contributed by atoms with Crippen molar-refractivity contribution in [2.75, 3.05) is 20.3 Å². The van der Waals surface area contributed by atoms with Gasteiger partial charge in [-0.15, -0.1) is 0 Å². The van der Waals surface area contributed by atoms with Crippen molar-refractivity contribution >= 4 is 0 Å². The normalized spacial score (nSPS) is 10.5. The number of aliphatic hydroxyl groups is 1. The van der Waals surface area contributed by atoms with E-state index < -0.39 is 0 Å². The molecule has 24 heavy (non-hydrogen) atoms. The van der Waals surface area contributed by atoms with Gasteiger partial charge in [0.25, 0.3) is 0 Å². The monoisotopic (exact) mass is 337 g/mol. The van der Waals surface area contributed by atoms with E-state index in [0.29, 0.717) is 6.54 Å². The van der Waals surface area contributed by atoms with Gasteiger partial charge in [0, 0.05) is 7.11 Å². The molecule has 3 nitrogen and oxygen atoms in total. The van der Waals surface area contributed by atoms with Crippen LogP contribution in [-0.2, 0) is 12.8 Å². The highest BCUT2D eigenvalue weighted by molar-refractivity contribution is 5.36. The Morgan fingerprint density at radius 2 is 1.71 bits per heavy atom. The van der Waals surface area contributed by atoms with Crippen LogP contribution in [0.1, 0.15) is 70.4 Å². The van der Waals surface area contributed by atoms with E-state index in [-0.39, 0.29) is 0 Å². The van der Waals surface area contributed by atoms with E-state index in [9.17, 15) is 0 Å². The predicted molar refractivity (Wildman–Crippen MR) is 105 cm³/mol. The fraction of sp³-hybridized carbons (Fsp3) is 0.714. The van der Waals surface area contributed by atoms with Crippen molar-refractivity contribution in [1.82, 2.24) is 0 Å². The molecule has 1 aromatic rings. The van der Waals surface area contributed by atoms with Gasteiger partial charge in [0.05, 0.1) is 6.61 Å². The zero-order chi connectivity index (χ0) is 18.2. The van der Waals surface area contributed by atoms with Crippen LogP contribution in [0.5, 0.6) is 5.75 Å². The summed E-state index contributed by atoms with van der Waals surface area (Å²) in [6, 6.07) is 6.57. The fourth-order valence-corrected chi connectivity index (χ4v) is 2.66. The summed E-state index contributed by atoms with van der Waals surface area (Å²) in [5.74, 6) is 1.75. The fourth-order valence-electron chi connectivity index (χ4n) is 2.66. The molecular weight excluding hydrogens is 298 g/mol. The van der Waals surface area contributed by atoms with E-state index in [1.54, 1.807) is 0 Å². The Kier molecular flexibility index (Phi) is 14.8. The summed E-state index contributed by atoms with van der Waals surface area (Å²) in [5.41, 5.74) is 8.57. The molecule has 0 aliphatic heterocycles. The van der Waals surface area contributed by atoms with Gasteiger partial charge in [0.2, 0.25) is 0 Å². The lowest BCUT2D eigenvalue weighted by Gasteiger charge is -2.13. The number of rotatable bonds is 12. The molecular formula is C21H39NO2. The molecule has 0 radical (unpaired) electrons. The Hall–Kier alpha value is -1.06. The summed E-state index contributed by atoms with van der Waals surface area (Å²) in [5, 5.41) is 7.00. The molecule has 0 saturated heterocycles. The number of unbranched alkanes of at least 4 members (excludes halogenated alkanes) is 4. The number of nitrogens with two attached hydrogens (primary N) is 1. The highest BCUT2D eigenvalue weighted by Gasteiger charge is 2.06. The number of ether oxygens (including phenoxy) is 1. The molecule has 1 aromatic carbocycles. The summed E-state index contributed by atoms with van der Waals surface area (Å²) in [6.45, 7) is 8.33. The third kappa shape index (κ3) is 10.7. The molecule has 0 fully saturated rings. The average Bonchev–Trinajstić information content (AvgIpc) is 2.59. The molecule has 0 unspecified atom stereocenters. The third-order valence-electron chi connectivity index (χ3n) is 4.10. The first-order valence-corrected chi connectivity index (χ1v) is 9.56. The summed E-state index contributed by atoms with van der Waals surface area (Å²) < 4.78 is 5.91. The molecule has 1 rings (SSSR count). The van der Waals surface area contributed by atoms with Crippen molar-refractivity contribution in [3.05, 3.63) is 29.3 Å². The number of aliphatic hydroxyl groups excluding tert-OH is 1. The molecule has 0 aromatic heterocycles. The first-order valence-electron chi connectivity index (χ1n) is 9.56. The molecule has 3 heteroatoms. The van der Waals surface area contributed by atoms with Crippen LogP contribution in [0.25, 0.3) is 0 Å². The molecule has 0 bridgehead atoms. The lowest BCUT2D eigenvalue weighted by molar-refractivity contribution is 0.304. The first kappa shape index (κ1) is 22.9. The van der Waals surface area contributed by atoms with Gasteiger partial charge in [-0.3, -0.25) is 0 Å². The van der Waals surface area contributed by atoms with Gasteiger partial charge >= 0.3 is 0 Å². The Bertz CT molecular complexity index is 405. The van der Waals surface area contributed by atoms with Crippen molar-refractivity contribution < 1.29 is 9.84 Å². The number of hydrogen-bond donors (Lipinski definition) is 2. The standard InChI is InChI=1S/C20H35NO.CH4O/c1-4-5-6-7-8-15-22-20-12-11-18(10-9-17(2)3)19(16-20)13-14-21;1-2/h11-12,16-17H,4-10,13-15,21H2,1-3H3;2H,1H3. The molecule has 3 N–H and O–H groups in total. The van der Waals surface area contributed by atoms with Crippen LogP contribution in [0.3, 0.4) is 0 Å². The Labute approximate surface area is 149 Å². The molecule has 0 atom stereocenters. The molecule has 0 aliphatic carbocycles. The number of hydrogen-bond acceptors (Lipinski definition) is 3. The van der Waals surface area contributed by atoms with Gasteiger partial charge in [0.15, 0.2) is 0 Å². The SMILES string of the molecule is CCCCCCCOc1ccc(CCC(C)C)c(CCN)c1.CO. The van der Waals surface area contributed by atoms with Gasteiger partial charge < -0.3 is 15.6 Å². The Balaban J connectivity index is 0.00000254. The van der Waals surface area contributed by atoms with Gasteiger partial charge in [0.1, 0.15) is 5.75 Å². The van der Waals surface area contributed by atoms with Crippen LogP contribution in [-0.4, -0.2) is 25.4 Å². The summed E-state index contributed by atoms with van der Waals surface area (Å²) in [4.78, 5) is 0. The number of aryl methyl sites for hydroxylation is 1. The highest BCUT2D eigenvalue weighted by Crippen LogP contribution is 2.21. The molecule has 0 spiro atoms. The van der Waals surface area contributed by atoms with Crippen LogP contribution in [0, 0.1) is 5.92 Å². The molecule has 0 amide bonds. The predicted octanol–water partition coefficient (Wildman–Crippen LogP) is 4.73. The zero-order valence-electron chi connectivity index (χ0n) is 16.3. The molecule has 0 saturated carbocycles. The Morgan fingerprint density at radius 3 is 2.33 bits per heavy atom. The summed E-state index contributed by atoms with van der Waals surface area (Å²) in [7, 11) is 1.00. The zero-order valence-corrected chi connectivity index (χ0v) is 16.3. The summed E-state index contributed by atoms with van der Waals surface area (Å²) >= 11 is 0. The minimum absolute atomic E-state index is 0.704. The van der Waals surface area contributed by atoms with Crippen molar-refractivity contribution in [3.8, 4) is 5.75 Å². The quantitative estimate of drug-likeness (QED) is 0.542. The lowest BCUT2D eigenvalue weighted by atomic mass is 9.96. The maximum Gasteiger partial charge on any atom is 0.119 e. The number of benzene rings is 1. The second kappa shape index (κ2) is 15.5. The average molecular weight is 338 g/mol. The van der Waals surface area contributed by atoms with Crippen LogP contribution >= 0.6 is 0 Å². The van der Waals surface area contributed by atoms with E-state index in [1.807, 2.05) is 0 Å². The van der Waals surface area contributed by atoms with Crippen molar-refractivity contribution in [2.45, 2.75) is 72.1 Å². The van der Waals surface area contributed by atoms with Gasteiger partial charge in [-0.1, -0.05) is 52.5 Å². The highest BCUT2D eigenvalue weighted by atomic mass is 16.5. The van der Waals surface area contributed by atoms with Crippen LogP contribution in [0.15, 0.2) is 18.2 Å². The largest absolute Gasteiger partial charge is 0.494 e. The lowest BCUT2D eigenvalue weighted by Crippen LogP contribution is -2.07.